The monoisotopic (exact) mass is 410 g/mol. The van der Waals surface area contributed by atoms with Crippen molar-refractivity contribution in [1.82, 2.24) is 14.5 Å². The molecule has 0 saturated carbocycles. The van der Waals surface area contributed by atoms with Crippen LogP contribution >= 0.6 is 11.6 Å². The summed E-state index contributed by atoms with van der Waals surface area (Å²) in [6.45, 7) is 1.17. The van der Waals surface area contributed by atoms with E-state index >= 15 is 0 Å². The molecule has 4 rings (SSSR count). The van der Waals surface area contributed by atoms with E-state index in [9.17, 15) is 9.59 Å². The molecule has 2 heterocycles. The Bertz CT molecular complexity index is 1280. The molecule has 0 aliphatic rings. The average Bonchev–Trinajstić information content (AvgIpc) is 3.00. The van der Waals surface area contributed by atoms with Crippen LogP contribution in [-0.4, -0.2) is 41.0 Å². The van der Waals surface area contributed by atoms with Gasteiger partial charge in [0.05, 0.1) is 16.6 Å². The summed E-state index contributed by atoms with van der Waals surface area (Å²) in [5.74, 6) is -0.753. The predicted octanol–water partition coefficient (Wildman–Crippen LogP) is 3.61. The number of fused-ring (bicyclic) bond motifs is 2. The van der Waals surface area contributed by atoms with E-state index in [-0.39, 0.29) is 5.91 Å². The topological polar surface area (TPSA) is 80.4 Å². The minimum absolute atomic E-state index is 0.332. The summed E-state index contributed by atoms with van der Waals surface area (Å²) in [5.41, 5.74) is 2.60. The molecule has 0 unspecified atom stereocenters. The lowest BCUT2D eigenvalue weighted by Crippen LogP contribution is -2.23. The molecule has 0 atom stereocenters. The molecule has 148 valence electrons. The molecule has 2 aromatic carbocycles. The molecule has 4 aromatic rings. The highest BCUT2D eigenvalue weighted by Crippen LogP contribution is 2.24. The Hall–Kier alpha value is -3.16. The lowest BCUT2D eigenvalue weighted by atomic mass is 10.1. The van der Waals surface area contributed by atoms with E-state index in [0.29, 0.717) is 46.0 Å². The number of aromatic nitrogens is 2. The number of benzene rings is 2. The summed E-state index contributed by atoms with van der Waals surface area (Å²) in [6.07, 6.45) is 1.63. The van der Waals surface area contributed by atoms with Crippen LogP contribution in [0.3, 0.4) is 0 Å². The standard InChI is InChI=1S/C21H19ClN4O3/c1-25(2)8-9-26-17-12-15(5-6-18(17)29-21(26)28)24-20(27)16-11-14(22)10-13-4-3-7-23-19(13)16/h3-7,10-12H,8-9H2,1-2H3,(H,24,27). The molecule has 0 spiro atoms. The number of hydrogen-bond acceptors (Lipinski definition) is 5. The van der Waals surface area contributed by atoms with Crippen LogP contribution < -0.4 is 11.1 Å². The number of nitrogens with zero attached hydrogens (tertiary/aromatic N) is 3. The van der Waals surface area contributed by atoms with Crippen molar-refractivity contribution in [2.45, 2.75) is 6.54 Å². The Labute approximate surface area is 171 Å². The maximum atomic E-state index is 12.9. The number of amides is 1. The molecule has 8 heteroatoms. The van der Waals surface area contributed by atoms with E-state index in [1.165, 1.54) is 0 Å². The van der Waals surface area contributed by atoms with Gasteiger partial charge in [-0.3, -0.25) is 14.3 Å². The molecule has 0 aliphatic heterocycles. The number of anilines is 1. The Balaban J connectivity index is 1.69. The molecule has 0 saturated heterocycles. The first-order valence-electron chi connectivity index (χ1n) is 9.06. The minimum Gasteiger partial charge on any atom is -0.408 e. The molecular weight excluding hydrogens is 392 g/mol. The normalized spacial score (nSPS) is 11.4. The van der Waals surface area contributed by atoms with Gasteiger partial charge in [0, 0.05) is 35.4 Å². The van der Waals surface area contributed by atoms with Gasteiger partial charge in [-0.1, -0.05) is 17.7 Å². The zero-order valence-corrected chi connectivity index (χ0v) is 16.7. The number of hydrogen-bond donors (Lipinski definition) is 1. The number of carbonyl (C=O) groups excluding carboxylic acids is 1. The van der Waals surface area contributed by atoms with Gasteiger partial charge in [-0.15, -0.1) is 0 Å². The predicted molar refractivity (Wildman–Crippen MR) is 114 cm³/mol. The average molecular weight is 411 g/mol. The van der Waals surface area contributed by atoms with Crippen LogP contribution in [-0.2, 0) is 6.54 Å². The van der Waals surface area contributed by atoms with Crippen molar-refractivity contribution in [3.05, 3.63) is 69.8 Å². The van der Waals surface area contributed by atoms with Crippen molar-refractivity contribution in [3.8, 4) is 0 Å². The lowest BCUT2D eigenvalue weighted by molar-refractivity contribution is 0.102. The van der Waals surface area contributed by atoms with Gasteiger partial charge < -0.3 is 14.6 Å². The number of carbonyl (C=O) groups is 1. The van der Waals surface area contributed by atoms with Crippen molar-refractivity contribution in [2.24, 2.45) is 0 Å². The summed E-state index contributed by atoms with van der Waals surface area (Å²) in [5, 5.41) is 4.11. The van der Waals surface area contributed by atoms with Gasteiger partial charge in [-0.25, -0.2) is 4.79 Å². The first-order chi connectivity index (χ1) is 13.9. The minimum atomic E-state index is -0.421. The molecule has 1 N–H and O–H groups in total. The van der Waals surface area contributed by atoms with Gasteiger partial charge in [0.1, 0.15) is 0 Å². The third kappa shape index (κ3) is 3.87. The second kappa shape index (κ2) is 7.69. The Morgan fingerprint density at radius 3 is 2.86 bits per heavy atom. The van der Waals surface area contributed by atoms with E-state index in [1.807, 2.05) is 25.1 Å². The zero-order chi connectivity index (χ0) is 20.5. The Morgan fingerprint density at radius 1 is 1.24 bits per heavy atom. The number of likely N-dealkylation sites (N-methyl/N-ethyl adjacent to an activating group) is 1. The van der Waals surface area contributed by atoms with Crippen LogP contribution in [0.1, 0.15) is 10.4 Å². The second-order valence-corrected chi connectivity index (χ2v) is 7.42. The van der Waals surface area contributed by atoms with Crippen LogP contribution in [0.15, 0.2) is 57.9 Å². The molecule has 7 nitrogen and oxygen atoms in total. The van der Waals surface area contributed by atoms with Crippen LogP contribution in [0.25, 0.3) is 22.0 Å². The third-order valence-corrected chi connectivity index (χ3v) is 4.83. The van der Waals surface area contributed by atoms with Gasteiger partial charge in [0.2, 0.25) is 0 Å². The number of oxazole rings is 1. The molecule has 0 fully saturated rings. The van der Waals surface area contributed by atoms with E-state index in [2.05, 4.69) is 10.3 Å². The van der Waals surface area contributed by atoms with E-state index in [4.69, 9.17) is 16.0 Å². The van der Waals surface area contributed by atoms with E-state index in [1.54, 1.807) is 47.2 Å². The first kappa shape index (κ1) is 19.2. The molecule has 1 amide bonds. The van der Waals surface area contributed by atoms with Crippen LogP contribution in [0.2, 0.25) is 5.02 Å². The molecule has 0 bridgehead atoms. The Kier molecular flexibility index (Phi) is 5.08. The number of pyridine rings is 1. The van der Waals surface area contributed by atoms with Gasteiger partial charge in [0.25, 0.3) is 5.91 Å². The number of nitrogens with one attached hydrogen (secondary N) is 1. The van der Waals surface area contributed by atoms with Crippen molar-refractivity contribution < 1.29 is 9.21 Å². The van der Waals surface area contributed by atoms with Gasteiger partial charge in [-0.2, -0.15) is 0 Å². The maximum Gasteiger partial charge on any atom is 0.419 e. The molecule has 0 radical (unpaired) electrons. The van der Waals surface area contributed by atoms with Crippen molar-refractivity contribution in [3.63, 3.8) is 0 Å². The third-order valence-electron chi connectivity index (χ3n) is 4.61. The van der Waals surface area contributed by atoms with Gasteiger partial charge in [0.15, 0.2) is 5.58 Å². The fraction of sp³-hybridized carbons (Fsp3) is 0.190. The Morgan fingerprint density at radius 2 is 2.07 bits per heavy atom. The molecule has 29 heavy (non-hydrogen) atoms. The summed E-state index contributed by atoms with van der Waals surface area (Å²) in [4.78, 5) is 31.4. The zero-order valence-electron chi connectivity index (χ0n) is 16.0. The number of rotatable bonds is 5. The highest BCUT2D eigenvalue weighted by atomic mass is 35.5. The van der Waals surface area contributed by atoms with Gasteiger partial charge >= 0.3 is 5.76 Å². The van der Waals surface area contributed by atoms with E-state index < -0.39 is 5.76 Å². The summed E-state index contributed by atoms with van der Waals surface area (Å²) < 4.78 is 6.85. The number of halogens is 1. The molecule has 0 aliphatic carbocycles. The van der Waals surface area contributed by atoms with Crippen LogP contribution in [0.5, 0.6) is 0 Å². The van der Waals surface area contributed by atoms with Crippen molar-refractivity contribution >= 4 is 45.2 Å². The fourth-order valence-corrected chi connectivity index (χ4v) is 3.41. The van der Waals surface area contributed by atoms with Crippen molar-refractivity contribution in [2.75, 3.05) is 26.0 Å². The first-order valence-corrected chi connectivity index (χ1v) is 9.44. The molecular formula is C21H19ClN4O3. The van der Waals surface area contributed by atoms with Crippen LogP contribution in [0, 0.1) is 0 Å². The largest absolute Gasteiger partial charge is 0.419 e. The van der Waals surface area contributed by atoms with E-state index in [0.717, 1.165) is 5.39 Å². The smallest absolute Gasteiger partial charge is 0.408 e. The maximum absolute atomic E-state index is 12.9. The quantitative estimate of drug-likeness (QED) is 0.543. The fourth-order valence-electron chi connectivity index (χ4n) is 3.18. The highest BCUT2D eigenvalue weighted by Gasteiger charge is 2.15. The van der Waals surface area contributed by atoms with Crippen molar-refractivity contribution in [1.29, 1.82) is 0 Å². The SMILES string of the molecule is CN(C)CCn1c(=O)oc2ccc(NC(=O)c3cc(Cl)cc4cccnc34)cc21. The summed E-state index contributed by atoms with van der Waals surface area (Å²) in [7, 11) is 3.87. The lowest BCUT2D eigenvalue weighted by Gasteiger charge is -2.10. The highest BCUT2D eigenvalue weighted by molar-refractivity contribution is 6.32. The van der Waals surface area contributed by atoms with Crippen LogP contribution in [0.4, 0.5) is 5.69 Å². The molecule has 2 aromatic heterocycles. The summed E-state index contributed by atoms with van der Waals surface area (Å²) >= 11 is 6.17. The van der Waals surface area contributed by atoms with Gasteiger partial charge in [-0.05, 0) is 50.5 Å². The summed E-state index contributed by atoms with van der Waals surface area (Å²) in [6, 6.07) is 12.1. The second-order valence-electron chi connectivity index (χ2n) is 6.99.